The van der Waals surface area contributed by atoms with Crippen molar-refractivity contribution in [1.82, 2.24) is 25.5 Å². The molecule has 9 rings (SSSR count). The third kappa shape index (κ3) is 12.0. The van der Waals surface area contributed by atoms with Crippen LogP contribution in [-0.2, 0) is 40.0 Å². The first-order valence-corrected chi connectivity index (χ1v) is 27.6. The molecule has 0 saturated carbocycles. The van der Waals surface area contributed by atoms with Crippen LogP contribution in [0.25, 0.3) is 0 Å². The van der Waals surface area contributed by atoms with Crippen LogP contribution >= 0.6 is 34.9 Å². The van der Waals surface area contributed by atoms with Crippen molar-refractivity contribution in [2.24, 2.45) is 5.16 Å². The van der Waals surface area contributed by atoms with Crippen LogP contribution in [-0.4, -0.2) is 74.4 Å². The molecular formula is C59H57N7O7S3. The summed E-state index contributed by atoms with van der Waals surface area (Å²) in [5, 5.41) is 10.7. The van der Waals surface area contributed by atoms with Gasteiger partial charge in [0.25, 0.3) is 11.8 Å². The van der Waals surface area contributed by atoms with Crippen molar-refractivity contribution in [1.29, 1.82) is 0 Å². The first-order valence-electron chi connectivity index (χ1n) is 24.8. The standard InChI is InChI=1S/C59H57N7O7S3/c1-38-48(64-56(60)75-38)50(65-73-59(42-24-14-7-15-25-42,43-26-16-8-17-27-43)44-28-18-9-19-29-44)53(67)63-49-45-30-31-47(76-46-32-33-61-36-41(46)37-74-35-34-62-57(70)72-58(2,3)4)51(66(45)54(49)68)55(69)71-52(39-20-10-5-11-21-39)40-22-12-6-13-23-40/h5-29,32-33,36,45,49,52H,30-31,34-35,37H2,1-4H3,(H2,60,64)(H,62,70)(H,63,67)/t45?,49-/m1/s1. The average molecular weight is 1070 g/mol. The van der Waals surface area contributed by atoms with E-state index in [0.29, 0.717) is 40.7 Å². The van der Waals surface area contributed by atoms with E-state index in [1.165, 1.54) is 28.0 Å². The number of β-lactam (4-membered cyclic amide) rings is 1. The minimum absolute atomic E-state index is 0.101. The van der Waals surface area contributed by atoms with Crippen LogP contribution in [0, 0.1) is 6.92 Å². The number of thioether (sulfide) groups is 2. The van der Waals surface area contributed by atoms with Gasteiger partial charge in [0, 0.05) is 61.8 Å². The number of nitrogens with two attached hydrogens (primary N) is 1. The van der Waals surface area contributed by atoms with Crippen LogP contribution in [0.2, 0.25) is 0 Å². The lowest BCUT2D eigenvalue weighted by molar-refractivity contribution is -0.158. The lowest BCUT2D eigenvalue weighted by Crippen LogP contribution is -2.72. The van der Waals surface area contributed by atoms with E-state index in [-0.39, 0.29) is 22.2 Å². The Hall–Kier alpha value is -7.73. The largest absolute Gasteiger partial charge is 0.448 e. The van der Waals surface area contributed by atoms with E-state index < -0.39 is 53.3 Å². The zero-order valence-corrected chi connectivity index (χ0v) is 44.8. The van der Waals surface area contributed by atoms with Crippen LogP contribution < -0.4 is 16.4 Å². The molecule has 5 aromatic carbocycles. The van der Waals surface area contributed by atoms with Gasteiger partial charge < -0.3 is 30.7 Å². The smallest absolute Gasteiger partial charge is 0.407 e. The van der Waals surface area contributed by atoms with Crippen molar-refractivity contribution >= 4 is 69.6 Å². The third-order valence-electron chi connectivity index (χ3n) is 12.6. The molecule has 0 aliphatic carbocycles. The molecule has 2 aromatic heterocycles. The SMILES string of the molecule is Cc1sc(N)nc1C(=NOC(c1ccccc1)(c1ccccc1)c1ccccc1)C(=O)N[C@H]1C(=O)N2C(C(=O)OC(c3ccccc3)c3ccccc3)=C(Sc3ccncc3CSCCNC(=O)OC(C)(C)C)CCC12. The number of benzene rings is 5. The lowest BCUT2D eigenvalue weighted by atomic mass is 9.80. The van der Waals surface area contributed by atoms with Crippen LogP contribution in [0.4, 0.5) is 9.93 Å². The van der Waals surface area contributed by atoms with E-state index in [1.807, 2.05) is 178 Å². The van der Waals surface area contributed by atoms with Gasteiger partial charge >= 0.3 is 12.1 Å². The molecular weight excluding hydrogens is 1010 g/mol. The second kappa shape index (κ2) is 23.9. The number of nitrogens with one attached hydrogen (secondary N) is 2. The van der Waals surface area contributed by atoms with E-state index >= 15 is 4.79 Å². The maximum absolute atomic E-state index is 15.1. The van der Waals surface area contributed by atoms with Crippen LogP contribution in [0.3, 0.4) is 0 Å². The average Bonchev–Trinajstić information content (AvgIpc) is 3.85. The Bertz CT molecular complexity index is 3090. The van der Waals surface area contributed by atoms with Gasteiger partial charge in [-0.2, -0.15) is 11.8 Å². The van der Waals surface area contributed by atoms with Crippen LogP contribution in [0.5, 0.6) is 0 Å². The number of oxime groups is 1. The molecule has 1 saturated heterocycles. The summed E-state index contributed by atoms with van der Waals surface area (Å²) in [6, 6.07) is 48.0. The Balaban J connectivity index is 1.03. The second-order valence-electron chi connectivity index (χ2n) is 19.0. The molecule has 17 heteroatoms. The van der Waals surface area contributed by atoms with Gasteiger partial charge in [-0.25, -0.2) is 14.6 Å². The molecule has 14 nitrogen and oxygen atoms in total. The molecule has 76 heavy (non-hydrogen) atoms. The van der Waals surface area contributed by atoms with Crippen molar-refractivity contribution < 1.29 is 33.5 Å². The van der Waals surface area contributed by atoms with Crippen LogP contribution in [0.15, 0.2) is 191 Å². The summed E-state index contributed by atoms with van der Waals surface area (Å²) >= 11 is 4.20. The number of nitrogens with zero attached hydrogens (tertiary/aromatic N) is 4. The normalized spacial score (nSPS) is 15.6. The fraction of sp³-hybridized carbons (Fsp3) is 0.237. The predicted octanol–water partition coefficient (Wildman–Crippen LogP) is 10.7. The predicted molar refractivity (Wildman–Crippen MR) is 298 cm³/mol. The molecule has 1 unspecified atom stereocenters. The molecule has 0 bridgehead atoms. The molecule has 2 aliphatic rings. The number of allylic oxidation sites excluding steroid dienone is 1. The fourth-order valence-electron chi connectivity index (χ4n) is 9.17. The number of rotatable bonds is 19. The van der Waals surface area contributed by atoms with Crippen molar-refractivity contribution in [2.75, 3.05) is 18.0 Å². The fourth-order valence-corrected chi connectivity index (χ4v) is 11.9. The number of alkyl carbamates (subject to hydrolysis) is 1. The number of pyridine rings is 1. The molecule has 3 amide bonds. The number of thiazole rings is 1. The highest BCUT2D eigenvalue weighted by molar-refractivity contribution is 8.03. The zero-order valence-electron chi connectivity index (χ0n) is 42.4. The number of anilines is 1. The number of esters is 1. The number of amides is 3. The highest BCUT2D eigenvalue weighted by atomic mass is 32.2. The first-order chi connectivity index (χ1) is 36.8. The summed E-state index contributed by atoms with van der Waals surface area (Å²) in [5.41, 5.74) is 9.12. The van der Waals surface area contributed by atoms with E-state index in [0.717, 1.165) is 38.3 Å². The molecule has 2 aliphatic heterocycles. The number of ether oxygens (including phenoxy) is 2. The number of aromatic nitrogens is 2. The number of nitrogen functional groups attached to an aromatic ring is 1. The molecule has 388 valence electrons. The molecule has 7 aromatic rings. The number of aryl methyl sites for hydroxylation is 1. The Morgan fingerprint density at radius 3 is 1.93 bits per heavy atom. The van der Waals surface area contributed by atoms with Crippen molar-refractivity contribution in [3.8, 4) is 0 Å². The zero-order chi connectivity index (χ0) is 53.2. The quantitative estimate of drug-likeness (QED) is 0.0174. The van der Waals surface area contributed by atoms with Gasteiger partial charge in [0.05, 0.1) is 6.04 Å². The monoisotopic (exact) mass is 1070 g/mol. The second-order valence-corrected chi connectivity index (χ2v) is 22.5. The Labute approximate surface area is 454 Å². The molecule has 0 spiro atoms. The molecule has 1 fully saturated rings. The number of hydrogen-bond donors (Lipinski definition) is 3. The summed E-state index contributed by atoms with van der Waals surface area (Å²) in [4.78, 5) is 76.5. The van der Waals surface area contributed by atoms with Gasteiger partial charge in [0.2, 0.25) is 5.60 Å². The highest BCUT2D eigenvalue weighted by Gasteiger charge is 2.54. The van der Waals surface area contributed by atoms with Gasteiger partial charge in [-0.1, -0.05) is 169 Å². The van der Waals surface area contributed by atoms with Gasteiger partial charge in [-0.15, -0.1) is 11.3 Å². The molecule has 2 atom stereocenters. The van der Waals surface area contributed by atoms with Crippen molar-refractivity contribution in [3.05, 3.63) is 225 Å². The Morgan fingerprint density at radius 2 is 1.39 bits per heavy atom. The number of carbonyl (C=O) groups excluding carboxylic acids is 4. The maximum Gasteiger partial charge on any atom is 0.407 e. The Morgan fingerprint density at radius 1 is 0.829 bits per heavy atom. The van der Waals surface area contributed by atoms with E-state index in [2.05, 4.69) is 20.6 Å². The Kier molecular flexibility index (Phi) is 16.7. The minimum atomic E-state index is -1.34. The van der Waals surface area contributed by atoms with Gasteiger partial charge in [0.1, 0.15) is 23.0 Å². The minimum Gasteiger partial charge on any atom is -0.448 e. The number of fused-ring (bicyclic) bond motifs is 1. The van der Waals surface area contributed by atoms with Gasteiger partial charge in [-0.3, -0.25) is 19.5 Å². The van der Waals surface area contributed by atoms with Crippen molar-refractivity contribution in [3.63, 3.8) is 0 Å². The number of carbonyl (C=O) groups is 4. The number of hydrogen-bond acceptors (Lipinski definition) is 14. The lowest BCUT2D eigenvalue weighted by Gasteiger charge is -2.50. The summed E-state index contributed by atoms with van der Waals surface area (Å²) in [6.07, 6.45) is 2.98. The van der Waals surface area contributed by atoms with Crippen molar-refractivity contribution in [2.45, 2.75) is 80.6 Å². The van der Waals surface area contributed by atoms with Crippen LogP contribution in [0.1, 0.15) is 83.7 Å². The molecule has 4 heterocycles. The van der Waals surface area contributed by atoms with E-state index in [1.54, 1.807) is 31.1 Å². The summed E-state index contributed by atoms with van der Waals surface area (Å²) < 4.78 is 11.9. The summed E-state index contributed by atoms with van der Waals surface area (Å²) in [6.45, 7) is 7.64. The van der Waals surface area contributed by atoms with E-state index in [4.69, 9.17) is 25.2 Å². The van der Waals surface area contributed by atoms with E-state index in [9.17, 15) is 14.4 Å². The van der Waals surface area contributed by atoms with Gasteiger partial charge in [0.15, 0.2) is 16.9 Å². The summed E-state index contributed by atoms with van der Waals surface area (Å²) in [7, 11) is 0. The molecule has 4 N–H and O–H groups in total. The van der Waals surface area contributed by atoms with Gasteiger partial charge in [-0.05, 0) is 63.3 Å². The highest BCUT2D eigenvalue weighted by Crippen LogP contribution is 2.46. The summed E-state index contributed by atoms with van der Waals surface area (Å²) in [5.74, 6) is -0.730. The molecule has 0 radical (unpaired) electrons. The maximum atomic E-state index is 15.1. The first kappa shape index (κ1) is 53.1. The topological polar surface area (TPSA) is 187 Å². The third-order valence-corrected chi connectivity index (χ3v) is 15.7.